The minimum atomic E-state index is -1.07. The van der Waals surface area contributed by atoms with E-state index in [0.29, 0.717) is 24.7 Å². The molecule has 2 rings (SSSR count). The molecule has 0 radical (unpaired) electrons. The molecule has 0 fully saturated rings. The standard InChI is InChI=1S/C9H9NO4/c10-7-5(9(11)12)1-2-6-8(7)14-4-3-13-6/h1-2H,3-4,10H2,(H,11,12). The average molecular weight is 195 g/mol. The summed E-state index contributed by atoms with van der Waals surface area (Å²) in [5.74, 6) is -0.241. The number of anilines is 1. The maximum absolute atomic E-state index is 10.7. The fourth-order valence-electron chi connectivity index (χ4n) is 1.32. The van der Waals surface area contributed by atoms with Crippen molar-refractivity contribution in [2.75, 3.05) is 18.9 Å². The molecule has 1 heterocycles. The number of nitrogen functional groups attached to an aromatic ring is 1. The quantitative estimate of drug-likeness (QED) is 0.646. The number of carboxylic acids is 1. The van der Waals surface area contributed by atoms with Gasteiger partial charge in [0.2, 0.25) is 0 Å². The molecule has 0 saturated carbocycles. The molecule has 0 bridgehead atoms. The Bertz CT molecular complexity index is 389. The van der Waals surface area contributed by atoms with E-state index < -0.39 is 5.97 Å². The summed E-state index contributed by atoms with van der Waals surface area (Å²) in [6.07, 6.45) is 0. The number of fused-ring (bicyclic) bond motifs is 1. The molecule has 0 atom stereocenters. The van der Waals surface area contributed by atoms with E-state index in [1.54, 1.807) is 6.07 Å². The van der Waals surface area contributed by atoms with Crippen molar-refractivity contribution in [1.82, 2.24) is 0 Å². The topological polar surface area (TPSA) is 81.8 Å². The van der Waals surface area contributed by atoms with Crippen molar-refractivity contribution >= 4 is 11.7 Å². The van der Waals surface area contributed by atoms with E-state index in [-0.39, 0.29) is 11.3 Å². The fraction of sp³-hybridized carbons (Fsp3) is 0.222. The first kappa shape index (κ1) is 8.68. The van der Waals surface area contributed by atoms with Crippen molar-refractivity contribution in [2.45, 2.75) is 0 Å². The van der Waals surface area contributed by atoms with Gasteiger partial charge in [0.05, 0.1) is 11.3 Å². The van der Waals surface area contributed by atoms with E-state index in [1.807, 2.05) is 0 Å². The SMILES string of the molecule is Nc1c(C(=O)O)ccc2c1OCCO2. The first-order valence-electron chi connectivity index (χ1n) is 4.11. The number of hydrogen-bond acceptors (Lipinski definition) is 4. The van der Waals surface area contributed by atoms with Crippen molar-refractivity contribution < 1.29 is 19.4 Å². The van der Waals surface area contributed by atoms with Crippen LogP contribution in [0, 0.1) is 0 Å². The first-order valence-corrected chi connectivity index (χ1v) is 4.11. The Morgan fingerprint density at radius 3 is 2.79 bits per heavy atom. The zero-order valence-electron chi connectivity index (χ0n) is 7.32. The van der Waals surface area contributed by atoms with Crippen molar-refractivity contribution in [3.8, 4) is 11.5 Å². The van der Waals surface area contributed by atoms with Crippen LogP contribution < -0.4 is 15.2 Å². The Morgan fingerprint density at radius 1 is 1.36 bits per heavy atom. The monoisotopic (exact) mass is 195 g/mol. The third-order valence-corrected chi connectivity index (χ3v) is 1.98. The Labute approximate surface area is 80.0 Å². The predicted molar refractivity (Wildman–Crippen MR) is 48.8 cm³/mol. The van der Waals surface area contributed by atoms with E-state index in [4.69, 9.17) is 20.3 Å². The summed E-state index contributed by atoms with van der Waals surface area (Å²) >= 11 is 0. The van der Waals surface area contributed by atoms with Crippen LogP contribution in [0.5, 0.6) is 11.5 Å². The van der Waals surface area contributed by atoms with Gasteiger partial charge in [0.15, 0.2) is 11.5 Å². The number of ether oxygens (including phenoxy) is 2. The van der Waals surface area contributed by atoms with E-state index >= 15 is 0 Å². The van der Waals surface area contributed by atoms with Crippen LogP contribution in [0.4, 0.5) is 5.69 Å². The van der Waals surface area contributed by atoms with Crippen molar-refractivity contribution in [3.05, 3.63) is 17.7 Å². The number of benzene rings is 1. The number of carboxylic acid groups (broad SMARTS) is 1. The van der Waals surface area contributed by atoms with Crippen LogP contribution in [0.1, 0.15) is 10.4 Å². The Hall–Kier alpha value is -1.91. The molecule has 74 valence electrons. The smallest absolute Gasteiger partial charge is 0.337 e. The van der Waals surface area contributed by atoms with Gasteiger partial charge in [0.1, 0.15) is 13.2 Å². The third-order valence-electron chi connectivity index (χ3n) is 1.98. The fourth-order valence-corrected chi connectivity index (χ4v) is 1.32. The summed E-state index contributed by atoms with van der Waals surface area (Å²) in [5, 5.41) is 8.79. The lowest BCUT2D eigenvalue weighted by Gasteiger charge is -2.20. The predicted octanol–water partition coefficient (Wildman–Crippen LogP) is 0.738. The second-order valence-electron chi connectivity index (χ2n) is 2.86. The molecule has 14 heavy (non-hydrogen) atoms. The first-order chi connectivity index (χ1) is 6.70. The molecule has 0 amide bonds. The number of hydrogen-bond donors (Lipinski definition) is 2. The largest absolute Gasteiger partial charge is 0.486 e. The number of carbonyl (C=O) groups is 1. The maximum atomic E-state index is 10.7. The normalized spacial score (nSPS) is 13.7. The lowest BCUT2D eigenvalue weighted by atomic mass is 10.1. The number of nitrogens with two attached hydrogens (primary N) is 1. The average Bonchev–Trinajstić information content (AvgIpc) is 2.18. The number of rotatable bonds is 1. The van der Waals surface area contributed by atoms with Gasteiger partial charge >= 0.3 is 5.97 Å². The van der Waals surface area contributed by atoms with Crippen molar-refractivity contribution in [1.29, 1.82) is 0 Å². The molecule has 1 aromatic rings. The van der Waals surface area contributed by atoms with Crippen LogP contribution in [0.15, 0.2) is 12.1 Å². The molecule has 0 saturated heterocycles. The highest BCUT2D eigenvalue weighted by Gasteiger charge is 2.19. The van der Waals surface area contributed by atoms with Crippen LogP contribution in [-0.4, -0.2) is 24.3 Å². The highest BCUT2D eigenvalue weighted by molar-refractivity contribution is 5.96. The lowest BCUT2D eigenvalue weighted by Crippen LogP contribution is -2.17. The lowest BCUT2D eigenvalue weighted by molar-refractivity contribution is 0.0697. The van der Waals surface area contributed by atoms with Gasteiger partial charge in [-0.15, -0.1) is 0 Å². The number of aromatic carboxylic acids is 1. The van der Waals surface area contributed by atoms with Gasteiger partial charge < -0.3 is 20.3 Å². The second-order valence-corrected chi connectivity index (χ2v) is 2.86. The van der Waals surface area contributed by atoms with E-state index in [0.717, 1.165) is 0 Å². The minimum Gasteiger partial charge on any atom is -0.486 e. The molecule has 0 aliphatic carbocycles. The van der Waals surface area contributed by atoms with E-state index in [1.165, 1.54) is 6.07 Å². The zero-order chi connectivity index (χ0) is 10.1. The van der Waals surface area contributed by atoms with E-state index in [9.17, 15) is 4.79 Å². The summed E-state index contributed by atoms with van der Waals surface area (Å²) in [6.45, 7) is 0.846. The van der Waals surface area contributed by atoms with Crippen LogP contribution >= 0.6 is 0 Å². The van der Waals surface area contributed by atoms with Crippen molar-refractivity contribution in [3.63, 3.8) is 0 Å². The molecule has 1 aromatic carbocycles. The molecule has 1 aliphatic rings. The van der Waals surface area contributed by atoms with Gasteiger partial charge in [-0.05, 0) is 12.1 Å². The summed E-state index contributed by atoms with van der Waals surface area (Å²) in [4.78, 5) is 10.7. The minimum absolute atomic E-state index is 0.0363. The third kappa shape index (κ3) is 1.22. The van der Waals surface area contributed by atoms with Gasteiger partial charge in [-0.1, -0.05) is 0 Å². The van der Waals surface area contributed by atoms with Crippen LogP contribution in [-0.2, 0) is 0 Å². The Kier molecular flexibility index (Phi) is 1.92. The van der Waals surface area contributed by atoms with Crippen LogP contribution in [0.25, 0.3) is 0 Å². The molecule has 5 heteroatoms. The summed E-state index contributed by atoms with van der Waals surface area (Å²) in [6, 6.07) is 2.96. The highest BCUT2D eigenvalue weighted by atomic mass is 16.6. The molecule has 1 aliphatic heterocycles. The van der Waals surface area contributed by atoms with Gasteiger partial charge in [0.25, 0.3) is 0 Å². The van der Waals surface area contributed by atoms with Crippen molar-refractivity contribution in [2.24, 2.45) is 0 Å². The molecule has 0 unspecified atom stereocenters. The van der Waals surface area contributed by atoms with Gasteiger partial charge in [-0.2, -0.15) is 0 Å². The Morgan fingerprint density at radius 2 is 2.07 bits per heavy atom. The molecule has 0 spiro atoms. The Balaban J connectivity index is 2.54. The second kappa shape index (κ2) is 3.10. The molecule has 0 aromatic heterocycles. The molecule has 5 nitrogen and oxygen atoms in total. The van der Waals surface area contributed by atoms with E-state index in [2.05, 4.69) is 0 Å². The van der Waals surface area contributed by atoms with Gasteiger partial charge in [-0.25, -0.2) is 4.79 Å². The molecule has 3 N–H and O–H groups in total. The van der Waals surface area contributed by atoms with Gasteiger partial charge in [0, 0.05) is 0 Å². The van der Waals surface area contributed by atoms with Gasteiger partial charge in [-0.3, -0.25) is 0 Å². The summed E-state index contributed by atoms with van der Waals surface area (Å²) in [5.41, 5.74) is 5.78. The van der Waals surface area contributed by atoms with Crippen LogP contribution in [0.2, 0.25) is 0 Å². The maximum Gasteiger partial charge on any atom is 0.337 e. The molecular weight excluding hydrogens is 186 g/mol. The summed E-state index contributed by atoms with van der Waals surface area (Å²) in [7, 11) is 0. The molecular formula is C9H9NO4. The zero-order valence-corrected chi connectivity index (χ0v) is 7.32. The summed E-state index contributed by atoms with van der Waals surface area (Å²) < 4.78 is 10.5. The van der Waals surface area contributed by atoms with Crippen LogP contribution in [0.3, 0.4) is 0 Å². The highest BCUT2D eigenvalue weighted by Crippen LogP contribution is 2.37.